The van der Waals surface area contributed by atoms with Gasteiger partial charge in [0.2, 0.25) is 0 Å². The first-order chi connectivity index (χ1) is 9.48. The Balaban J connectivity index is 1.82. The molecule has 0 radical (unpaired) electrons. The smallest absolute Gasteiger partial charge is 0.148 e. The van der Waals surface area contributed by atoms with E-state index in [4.69, 9.17) is 0 Å². The number of hydrogen-bond acceptors (Lipinski definition) is 3. The number of benzene rings is 1. The van der Waals surface area contributed by atoms with Crippen LogP contribution in [0.1, 0.15) is 24.8 Å². The van der Waals surface area contributed by atoms with Crippen LogP contribution in [0.25, 0.3) is 6.08 Å². The van der Waals surface area contributed by atoms with Crippen molar-refractivity contribution in [1.29, 1.82) is 0 Å². The molecule has 0 atom stereocenters. The summed E-state index contributed by atoms with van der Waals surface area (Å²) in [4.78, 5) is 2.37. The summed E-state index contributed by atoms with van der Waals surface area (Å²) in [6.45, 7) is 1.83. The first kappa shape index (κ1) is 13.7. The normalized spacial score (nSPS) is 20.4. The van der Waals surface area contributed by atoms with Crippen LogP contribution in [-0.2, 0) is 9.84 Å². The SMILES string of the molecule is CS(=O)(=O)CC1(CN2CCC=Cc3ccccc32)CC1. The summed E-state index contributed by atoms with van der Waals surface area (Å²) in [5, 5.41) is 0. The minimum atomic E-state index is -2.90. The van der Waals surface area contributed by atoms with Crippen molar-refractivity contribution in [3.8, 4) is 0 Å². The average molecular weight is 291 g/mol. The number of anilines is 1. The number of para-hydroxylation sites is 1. The molecule has 20 heavy (non-hydrogen) atoms. The molecule has 0 spiro atoms. The highest BCUT2D eigenvalue weighted by molar-refractivity contribution is 7.90. The third kappa shape index (κ3) is 3.06. The Bertz CT molecular complexity index is 630. The number of hydrogen-bond donors (Lipinski definition) is 0. The maximum absolute atomic E-state index is 11.6. The van der Waals surface area contributed by atoms with Gasteiger partial charge in [0.25, 0.3) is 0 Å². The summed E-state index contributed by atoms with van der Waals surface area (Å²) in [7, 11) is -2.90. The van der Waals surface area contributed by atoms with Crippen LogP contribution in [0.2, 0.25) is 0 Å². The molecule has 108 valence electrons. The van der Waals surface area contributed by atoms with Crippen molar-refractivity contribution in [3.63, 3.8) is 0 Å². The summed E-state index contributed by atoms with van der Waals surface area (Å²) >= 11 is 0. The number of nitrogens with zero attached hydrogens (tertiary/aromatic N) is 1. The second-order valence-corrected chi connectivity index (χ2v) is 8.38. The lowest BCUT2D eigenvalue weighted by molar-refractivity contribution is 0.531. The third-order valence-electron chi connectivity index (χ3n) is 4.19. The molecule has 3 rings (SSSR count). The Morgan fingerprint density at radius 2 is 2.00 bits per heavy atom. The summed E-state index contributed by atoms with van der Waals surface area (Å²) in [6, 6.07) is 8.37. The van der Waals surface area contributed by atoms with E-state index in [1.54, 1.807) is 0 Å². The van der Waals surface area contributed by atoms with Crippen LogP contribution in [0.15, 0.2) is 30.3 Å². The Kier molecular flexibility index (Phi) is 3.36. The van der Waals surface area contributed by atoms with Gasteiger partial charge in [0.15, 0.2) is 0 Å². The van der Waals surface area contributed by atoms with Gasteiger partial charge >= 0.3 is 0 Å². The maximum atomic E-state index is 11.6. The zero-order valence-electron chi connectivity index (χ0n) is 11.9. The quantitative estimate of drug-likeness (QED) is 0.856. The fraction of sp³-hybridized carbons (Fsp3) is 0.500. The van der Waals surface area contributed by atoms with Gasteiger partial charge in [-0.25, -0.2) is 8.42 Å². The molecular weight excluding hydrogens is 270 g/mol. The van der Waals surface area contributed by atoms with E-state index in [0.717, 1.165) is 32.4 Å². The lowest BCUT2D eigenvalue weighted by Gasteiger charge is -2.29. The van der Waals surface area contributed by atoms with Crippen molar-refractivity contribution >= 4 is 21.6 Å². The number of sulfone groups is 1. The average Bonchev–Trinajstić information content (AvgIpc) is 3.13. The van der Waals surface area contributed by atoms with Crippen LogP contribution in [0, 0.1) is 5.41 Å². The van der Waals surface area contributed by atoms with Crippen LogP contribution in [0.4, 0.5) is 5.69 Å². The standard InChI is InChI=1S/C16H21NO2S/c1-20(18,19)13-16(9-10-16)12-17-11-5-4-7-14-6-2-3-8-15(14)17/h2-4,6-8H,5,9-13H2,1H3. The molecule has 0 bridgehead atoms. The number of rotatable bonds is 4. The molecule has 1 heterocycles. The topological polar surface area (TPSA) is 37.4 Å². The Hall–Kier alpha value is -1.29. The Morgan fingerprint density at radius 1 is 1.25 bits per heavy atom. The highest BCUT2D eigenvalue weighted by Gasteiger charge is 2.46. The molecule has 1 aliphatic carbocycles. The van der Waals surface area contributed by atoms with Crippen molar-refractivity contribution in [2.75, 3.05) is 30.0 Å². The van der Waals surface area contributed by atoms with E-state index in [1.165, 1.54) is 17.5 Å². The monoisotopic (exact) mass is 291 g/mol. The highest BCUT2D eigenvalue weighted by atomic mass is 32.2. The fourth-order valence-corrected chi connectivity index (χ4v) is 4.62. The molecule has 0 N–H and O–H groups in total. The molecule has 1 fully saturated rings. The van der Waals surface area contributed by atoms with Crippen LogP contribution in [-0.4, -0.2) is 33.5 Å². The fourth-order valence-electron chi connectivity index (χ4n) is 3.13. The van der Waals surface area contributed by atoms with Gasteiger partial charge in [-0.3, -0.25) is 0 Å². The molecule has 0 amide bonds. The second kappa shape index (κ2) is 4.92. The summed E-state index contributed by atoms with van der Waals surface area (Å²) < 4.78 is 23.2. The minimum absolute atomic E-state index is 0.00889. The molecule has 0 saturated heterocycles. The third-order valence-corrected chi connectivity index (χ3v) is 5.33. The van der Waals surface area contributed by atoms with E-state index >= 15 is 0 Å². The van der Waals surface area contributed by atoms with Gasteiger partial charge in [0.05, 0.1) is 5.75 Å². The van der Waals surface area contributed by atoms with Gasteiger partial charge in [-0.1, -0.05) is 30.4 Å². The van der Waals surface area contributed by atoms with Crippen LogP contribution >= 0.6 is 0 Å². The lowest BCUT2D eigenvalue weighted by Crippen LogP contribution is -2.34. The Morgan fingerprint density at radius 3 is 2.70 bits per heavy atom. The van der Waals surface area contributed by atoms with Gasteiger partial charge in [-0.15, -0.1) is 0 Å². The second-order valence-electron chi connectivity index (χ2n) is 6.24. The maximum Gasteiger partial charge on any atom is 0.148 e. The van der Waals surface area contributed by atoms with Gasteiger partial charge in [-0.05, 0) is 30.9 Å². The van der Waals surface area contributed by atoms with Gasteiger partial charge in [0, 0.05) is 30.4 Å². The van der Waals surface area contributed by atoms with Crippen LogP contribution < -0.4 is 4.90 Å². The summed E-state index contributed by atoms with van der Waals surface area (Å²) in [5.41, 5.74) is 2.46. The molecule has 1 aromatic carbocycles. The van der Waals surface area contributed by atoms with Crippen molar-refractivity contribution < 1.29 is 8.42 Å². The van der Waals surface area contributed by atoms with Crippen molar-refractivity contribution in [2.24, 2.45) is 5.41 Å². The van der Waals surface area contributed by atoms with Gasteiger partial charge < -0.3 is 4.90 Å². The molecule has 0 aromatic heterocycles. The lowest BCUT2D eigenvalue weighted by atomic mass is 10.1. The van der Waals surface area contributed by atoms with Crippen LogP contribution in [0.5, 0.6) is 0 Å². The Labute approximate surface area is 121 Å². The van der Waals surface area contributed by atoms with Crippen LogP contribution in [0.3, 0.4) is 0 Å². The molecule has 1 aromatic rings. The molecule has 4 heteroatoms. The van der Waals surface area contributed by atoms with Gasteiger partial charge in [0.1, 0.15) is 9.84 Å². The molecule has 2 aliphatic rings. The van der Waals surface area contributed by atoms with Crippen molar-refractivity contribution in [1.82, 2.24) is 0 Å². The highest BCUT2D eigenvalue weighted by Crippen LogP contribution is 2.48. The molecule has 3 nitrogen and oxygen atoms in total. The van der Waals surface area contributed by atoms with E-state index in [0.29, 0.717) is 5.75 Å². The van der Waals surface area contributed by atoms with Crippen molar-refractivity contribution in [3.05, 3.63) is 35.9 Å². The van der Waals surface area contributed by atoms with E-state index in [1.807, 2.05) is 0 Å². The van der Waals surface area contributed by atoms with Gasteiger partial charge in [-0.2, -0.15) is 0 Å². The largest absolute Gasteiger partial charge is 0.370 e. The first-order valence-electron chi connectivity index (χ1n) is 7.16. The van der Waals surface area contributed by atoms with E-state index in [9.17, 15) is 8.42 Å². The number of fused-ring (bicyclic) bond motifs is 1. The zero-order chi connectivity index (χ0) is 14.2. The molecule has 1 aliphatic heterocycles. The summed E-state index contributed by atoms with van der Waals surface area (Å²) in [5.74, 6) is 0.325. The van der Waals surface area contributed by atoms with E-state index < -0.39 is 9.84 Å². The molecular formula is C16H21NO2S. The predicted molar refractivity (Wildman–Crippen MR) is 83.7 cm³/mol. The first-order valence-corrected chi connectivity index (χ1v) is 9.22. The van der Waals surface area contributed by atoms with Crippen molar-refractivity contribution in [2.45, 2.75) is 19.3 Å². The zero-order valence-corrected chi connectivity index (χ0v) is 12.7. The minimum Gasteiger partial charge on any atom is -0.370 e. The van der Waals surface area contributed by atoms with E-state index in [-0.39, 0.29) is 5.41 Å². The summed E-state index contributed by atoms with van der Waals surface area (Å²) in [6.07, 6.45) is 8.81. The molecule has 0 unspecified atom stereocenters. The van der Waals surface area contributed by atoms with E-state index in [2.05, 4.69) is 41.3 Å². The predicted octanol–water partition coefficient (Wildman–Crippen LogP) is 2.73. The molecule has 1 saturated carbocycles.